The molecule has 0 fully saturated rings. The summed E-state index contributed by atoms with van der Waals surface area (Å²) in [4.78, 5) is 32.7. The topological polar surface area (TPSA) is 122 Å². The van der Waals surface area contributed by atoms with E-state index in [1.807, 2.05) is 13.2 Å². The van der Waals surface area contributed by atoms with E-state index in [1.165, 1.54) is 0 Å². The predicted molar refractivity (Wildman–Crippen MR) is 69.4 cm³/mol. The Kier molecular flexibility index (Phi) is 7.93. The lowest BCUT2D eigenvalue weighted by atomic mass is 10.2. The van der Waals surface area contributed by atoms with Crippen molar-refractivity contribution in [1.29, 1.82) is 0 Å². The van der Waals surface area contributed by atoms with Crippen LogP contribution in [0.5, 0.6) is 0 Å². The van der Waals surface area contributed by atoms with E-state index in [0.717, 1.165) is 6.42 Å². The van der Waals surface area contributed by atoms with Gasteiger partial charge in [0.25, 0.3) is 0 Å². The van der Waals surface area contributed by atoms with Gasteiger partial charge in [-0.15, -0.1) is 0 Å². The van der Waals surface area contributed by atoms with E-state index < -0.39 is 30.4 Å². The normalized spacial score (nSPS) is 13.4. The Hall–Kier alpha value is -1.44. The summed E-state index contributed by atoms with van der Waals surface area (Å²) in [6, 6.07) is -1.91. The van der Waals surface area contributed by atoms with Crippen LogP contribution in [0, 0.1) is 0 Å². The predicted octanol–water partition coefficient (Wildman–Crippen LogP) is -0.244. The third-order valence-electron chi connectivity index (χ3n) is 2.25. The van der Waals surface area contributed by atoms with Gasteiger partial charge in [0.1, 0.15) is 6.04 Å². The van der Waals surface area contributed by atoms with Crippen LogP contribution in [-0.4, -0.2) is 47.1 Å². The molecule has 104 valence electrons. The minimum atomic E-state index is -1.29. The van der Waals surface area contributed by atoms with E-state index in [0.29, 0.717) is 11.8 Å². The minimum absolute atomic E-state index is 0.409. The molecule has 8 heteroatoms. The second-order valence-corrected chi connectivity index (χ2v) is 5.07. The Bertz CT molecular complexity index is 311. The molecule has 0 rings (SSSR count). The monoisotopic (exact) mass is 277 g/mol. The summed E-state index contributed by atoms with van der Waals surface area (Å²) in [7, 11) is 0. The largest absolute Gasteiger partial charge is 0.480 e. The highest BCUT2D eigenvalue weighted by atomic mass is 32.2. The number of amides is 3. The molecule has 3 amide bonds. The molecule has 2 unspecified atom stereocenters. The molecular weight excluding hydrogens is 258 g/mol. The van der Waals surface area contributed by atoms with Crippen molar-refractivity contribution in [3.63, 3.8) is 0 Å². The van der Waals surface area contributed by atoms with Gasteiger partial charge in [-0.3, -0.25) is 4.79 Å². The maximum atomic E-state index is 11.4. The summed E-state index contributed by atoms with van der Waals surface area (Å²) in [5, 5.41) is 13.9. The molecule has 0 spiro atoms. The van der Waals surface area contributed by atoms with Crippen molar-refractivity contribution in [3.05, 3.63) is 0 Å². The average Bonchev–Trinajstić information content (AvgIpc) is 2.27. The molecule has 0 radical (unpaired) electrons. The Morgan fingerprint density at radius 1 is 1.39 bits per heavy atom. The van der Waals surface area contributed by atoms with Crippen LogP contribution >= 0.6 is 11.8 Å². The van der Waals surface area contributed by atoms with E-state index in [-0.39, 0.29) is 0 Å². The Labute approximate surface area is 110 Å². The van der Waals surface area contributed by atoms with Gasteiger partial charge in [0.2, 0.25) is 5.91 Å². The number of carboxylic acid groups (broad SMARTS) is 1. The van der Waals surface area contributed by atoms with Gasteiger partial charge in [-0.05, 0) is 12.7 Å². The van der Waals surface area contributed by atoms with Gasteiger partial charge in [0.05, 0.1) is 6.42 Å². The molecule has 5 N–H and O–H groups in total. The number of hydrogen-bond acceptors (Lipinski definition) is 4. The number of primary amides is 1. The quantitative estimate of drug-likeness (QED) is 0.487. The minimum Gasteiger partial charge on any atom is -0.480 e. The van der Waals surface area contributed by atoms with Gasteiger partial charge in [-0.1, -0.05) is 6.92 Å². The van der Waals surface area contributed by atoms with Crippen LogP contribution in [0.3, 0.4) is 0 Å². The number of hydrogen-bond donors (Lipinski definition) is 4. The number of aliphatic carboxylic acids is 1. The molecule has 0 aliphatic carbocycles. The molecule has 0 aliphatic rings. The number of thioether (sulfide) groups is 1. The number of nitrogens with two attached hydrogens (primary N) is 1. The van der Waals surface area contributed by atoms with E-state index >= 15 is 0 Å². The summed E-state index contributed by atoms with van der Waals surface area (Å²) in [6.45, 7) is 2.47. The first-order valence-electron chi connectivity index (χ1n) is 5.45. The maximum absolute atomic E-state index is 11.4. The molecule has 2 atom stereocenters. The Morgan fingerprint density at radius 2 is 2.00 bits per heavy atom. The van der Waals surface area contributed by atoms with E-state index in [2.05, 4.69) is 10.6 Å². The first-order chi connectivity index (χ1) is 8.36. The summed E-state index contributed by atoms with van der Waals surface area (Å²) in [5.41, 5.74) is 4.89. The van der Waals surface area contributed by atoms with Crippen molar-refractivity contribution < 1.29 is 19.5 Å². The van der Waals surface area contributed by atoms with Gasteiger partial charge >= 0.3 is 12.0 Å². The average molecular weight is 277 g/mol. The van der Waals surface area contributed by atoms with E-state index in [4.69, 9.17) is 10.8 Å². The van der Waals surface area contributed by atoms with Gasteiger partial charge in [-0.2, -0.15) is 11.8 Å². The van der Waals surface area contributed by atoms with Gasteiger partial charge in [0.15, 0.2) is 0 Å². The zero-order valence-corrected chi connectivity index (χ0v) is 11.3. The SMILES string of the molecule is CSC(C)CCNC(=O)NC(CC(N)=O)C(=O)O. The third-order valence-corrected chi connectivity index (χ3v) is 3.29. The smallest absolute Gasteiger partial charge is 0.326 e. The number of carbonyl (C=O) groups is 3. The van der Waals surface area contributed by atoms with Gasteiger partial charge < -0.3 is 21.5 Å². The zero-order valence-electron chi connectivity index (χ0n) is 10.4. The number of nitrogens with one attached hydrogen (secondary N) is 2. The summed E-state index contributed by atoms with van der Waals surface area (Å²) in [5.74, 6) is -2.07. The summed E-state index contributed by atoms with van der Waals surface area (Å²) < 4.78 is 0. The molecule has 0 saturated carbocycles. The lowest BCUT2D eigenvalue weighted by Gasteiger charge is -2.14. The van der Waals surface area contributed by atoms with E-state index in [1.54, 1.807) is 11.8 Å². The molecule has 0 aromatic rings. The highest BCUT2D eigenvalue weighted by Gasteiger charge is 2.21. The van der Waals surface area contributed by atoms with Crippen LogP contribution in [0.15, 0.2) is 0 Å². The molecule has 0 aliphatic heterocycles. The van der Waals surface area contributed by atoms with Crippen molar-refractivity contribution in [2.75, 3.05) is 12.8 Å². The van der Waals surface area contributed by atoms with Gasteiger partial charge in [0, 0.05) is 11.8 Å². The summed E-state index contributed by atoms with van der Waals surface area (Å²) in [6.07, 6.45) is 2.32. The molecule has 18 heavy (non-hydrogen) atoms. The lowest BCUT2D eigenvalue weighted by molar-refractivity contribution is -0.140. The van der Waals surface area contributed by atoms with Crippen LogP contribution in [0.4, 0.5) is 4.79 Å². The first-order valence-corrected chi connectivity index (χ1v) is 6.73. The highest BCUT2D eigenvalue weighted by molar-refractivity contribution is 7.99. The van der Waals surface area contributed by atoms with E-state index in [9.17, 15) is 14.4 Å². The number of carbonyl (C=O) groups excluding carboxylic acids is 2. The molecule has 0 aromatic heterocycles. The van der Waals surface area contributed by atoms with Crippen LogP contribution < -0.4 is 16.4 Å². The number of urea groups is 1. The second kappa shape index (κ2) is 8.62. The van der Waals surface area contributed by atoms with Crippen LogP contribution in [-0.2, 0) is 9.59 Å². The lowest BCUT2D eigenvalue weighted by Crippen LogP contribution is -2.48. The molecule has 0 saturated heterocycles. The summed E-state index contributed by atoms with van der Waals surface area (Å²) >= 11 is 1.68. The van der Waals surface area contributed by atoms with Crippen molar-refractivity contribution in [3.8, 4) is 0 Å². The fourth-order valence-corrected chi connectivity index (χ4v) is 1.47. The molecule has 7 nitrogen and oxygen atoms in total. The third kappa shape index (κ3) is 7.77. The van der Waals surface area contributed by atoms with Crippen molar-refractivity contribution in [2.24, 2.45) is 5.73 Å². The number of rotatable bonds is 8. The van der Waals surface area contributed by atoms with Gasteiger partial charge in [-0.25, -0.2) is 9.59 Å². The van der Waals surface area contributed by atoms with Crippen molar-refractivity contribution in [1.82, 2.24) is 10.6 Å². The van der Waals surface area contributed by atoms with Crippen molar-refractivity contribution in [2.45, 2.75) is 31.1 Å². The second-order valence-electron chi connectivity index (χ2n) is 3.80. The number of carboxylic acids is 1. The van der Waals surface area contributed by atoms with Crippen molar-refractivity contribution >= 4 is 29.7 Å². The molecule has 0 aromatic carbocycles. The van der Waals surface area contributed by atoms with Crippen LogP contribution in [0.25, 0.3) is 0 Å². The molecular formula is C10H19N3O4S. The van der Waals surface area contributed by atoms with Crippen LogP contribution in [0.2, 0.25) is 0 Å². The first kappa shape index (κ1) is 16.6. The molecule has 0 heterocycles. The standard InChI is InChI=1S/C10H19N3O4S/c1-6(18-2)3-4-12-10(17)13-7(9(15)16)5-8(11)14/h6-7H,3-5H2,1-2H3,(H2,11,14)(H,15,16)(H2,12,13,17). The highest BCUT2D eigenvalue weighted by Crippen LogP contribution is 2.07. The fraction of sp³-hybridized carbons (Fsp3) is 0.700. The Morgan fingerprint density at radius 3 is 2.44 bits per heavy atom. The maximum Gasteiger partial charge on any atom is 0.326 e. The fourth-order valence-electron chi connectivity index (χ4n) is 1.12. The zero-order chi connectivity index (χ0) is 14.1. The Balaban J connectivity index is 4.03. The molecule has 0 bridgehead atoms. The van der Waals surface area contributed by atoms with Crippen LogP contribution in [0.1, 0.15) is 19.8 Å².